The van der Waals surface area contributed by atoms with E-state index in [0.29, 0.717) is 30.2 Å². The molecule has 2 fully saturated rings. The number of carbonyl (C=O) groups is 1. The van der Waals surface area contributed by atoms with E-state index in [0.717, 1.165) is 30.6 Å². The lowest BCUT2D eigenvalue weighted by molar-refractivity contribution is -0.0495. The number of ether oxygens (including phenoxy) is 1. The first-order valence-electron chi connectivity index (χ1n) is 10.5. The molecule has 0 aliphatic carbocycles. The van der Waals surface area contributed by atoms with E-state index in [1.165, 1.54) is 0 Å². The number of nitrogens with zero attached hydrogens (tertiary/aromatic N) is 6. The maximum absolute atomic E-state index is 13.2. The molecule has 2 saturated heterocycles. The lowest BCUT2D eigenvalue weighted by atomic mass is 9.91. The second-order valence-electron chi connectivity index (χ2n) is 8.22. The van der Waals surface area contributed by atoms with Crippen LogP contribution in [0.25, 0.3) is 11.0 Å². The van der Waals surface area contributed by atoms with E-state index >= 15 is 0 Å². The maximum Gasteiger partial charge on any atom is 0.387 e. The van der Waals surface area contributed by atoms with Crippen molar-refractivity contribution in [2.75, 3.05) is 38.1 Å². The number of imidazole rings is 1. The fourth-order valence-electron chi connectivity index (χ4n) is 4.25. The molecule has 0 bridgehead atoms. The Bertz CT molecular complexity index is 1160. The first kappa shape index (κ1) is 20.5. The summed E-state index contributed by atoms with van der Waals surface area (Å²) in [4.78, 5) is 26.3. The minimum atomic E-state index is -2.95. The van der Waals surface area contributed by atoms with Crippen molar-refractivity contribution < 1.29 is 18.3 Å². The number of hydrogen-bond donors (Lipinski definition) is 0. The second-order valence-corrected chi connectivity index (χ2v) is 8.22. The standard InChI is InChI=1S/C22H24F2N6O2/c1-27-17-6-7-25-11-16(17)26-21(27)28(2)18-5-4-14(10-19(18)32-20(23)24)15-12-30(13-15)22(31)29-8-3-9-29/h4-7,10-11,15,20H,3,8-9,12-13H2,1-2H3. The highest BCUT2D eigenvalue weighted by Crippen LogP contribution is 2.38. The summed E-state index contributed by atoms with van der Waals surface area (Å²) >= 11 is 0. The van der Waals surface area contributed by atoms with Crippen molar-refractivity contribution >= 4 is 28.7 Å². The first-order valence-corrected chi connectivity index (χ1v) is 10.5. The van der Waals surface area contributed by atoms with Gasteiger partial charge < -0.3 is 24.0 Å². The Balaban J connectivity index is 1.40. The minimum absolute atomic E-state index is 0.0595. The van der Waals surface area contributed by atoms with Crippen LogP contribution in [0.4, 0.5) is 25.2 Å². The lowest BCUT2D eigenvalue weighted by Crippen LogP contribution is -2.56. The second kappa shape index (κ2) is 7.92. The van der Waals surface area contributed by atoms with Crippen molar-refractivity contribution in [2.45, 2.75) is 19.0 Å². The van der Waals surface area contributed by atoms with Crippen LogP contribution in [-0.4, -0.2) is 70.2 Å². The zero-order valence-corrected chi connectivity index (χ0v) is 17.9. The number of benzene rings is 1. The summed E-state index contributed by atoms with van der Waals surface area (Å²) in [6, 6.07) is 7.24. The molecule has 2 aromatic heterocycles. The monoisotopic (exact) mass is 442 g/mol. The molecule has 0 atom stereocenters. The van der Waals surface area contributed by atoms with Gasteiger partial charge in [0.2, 0.25) is 5.95 Å². The normalized spacial score (nSPS) is 16.3. The van der Waals surface area contributed by atoms with E-state index in [1.54, 1.807) is 41.4 Å². The van der Waals surface area contributed by atoms with Gasteiger partial charge in [0.1, 0.15) is 11.3 Å². The molecule has 0 spiro atoms. The summed E-state index contributed by atoms with van der Waals surface area (Å²) in [5, 5.41) is 0. The average molecular weight is 442 g/mol. The van der Waals surface area contributed by atoms with Gasteiger partial charge in [-0.3, -0.25) is 4.98 Å². The fourth-order valence-corrected chi connectivity index (χ4v) is 4.25. The minimum Gasteiger partial charge on any atom is -0.433 e. The molecule has 168 valence electrons. The molecule has 10 heteroatoms. The molecule has 32 heavy (non-hydrogen) atoms. The van der Waals surface area contributed by atoms with E-state index in [1.807, 2.05) is 28.6 Å². The molecule has 3 aromatic rings. The Morgan fingerprint density at radius 2 is 2.00 bits per heavy atom. The average Bonchev–Trinajstić information content (AvgIpc) is 3.02. The van der Waals surface area contributed by atoms with Gasteiger partial charge in [-0.1, -0.05) is 6.07 Å². The quantitative estimate of drug-likeness (QED) is 0.605. The predicted octanol–water partition coefficient (Wildman–Crippen LogP) is 3.56. The van der Waals surface area contributed by atoms with Crippen LogP contribution < -0.4 is 9.64 Å². The number of halogens is 2. The molecule has 0 radical (unpaired) electrons. The summed E-state index contributed by atoms with van der Waals surface area (Å²) in [7, 11) is 3.63. The number of aryl methyl sites for hydroxylation is 1. The Morgan fingerprint density at radius 3 is 2.66 bits per heavy atom. The molecule has 5 rings (SSSR count). The Kier molecular flexibility index (Phi) is 5.07. The third-order valence-electron chi connectivity index (χ3n) is 6.27. The third-order valence-corrected chi connectivity index (χ3v) is 6.27. The molecule has 0 unspecified atom stereocenters. The van der Waals surface area contributed by atoms with Crippen molar-refractivity contribution in [3.63, 3.8) is 0 Å². The van der Waals surface area contributed by atoms with Crippen LogP contribution in [0, 0.1) is 0 Å². The Hall–Kier alpha value is -3.43. The SMILES string of the molecule is CN(c1ccc(C2CN(C(=O)N3CCC3)C2)cc1OC(F)F)c1nc2cnccc2n1C. The Morgan fingerprint density at radius 1 is 1.22 bits per heavy atom. The van der Waals surface area contributed by atoms with Crippen molar-refractivity contribution in [3.05, 3.63) is 42.2 Å². The molecular weight excluding hydrogens is 418 g/mol. The van der Waals surface area contributed by atoms with Gasteiger partial charge in [-0.25, -0.2) is 9.78 Å². The van der Waals surface area contributed by atoms with Crippen LogP contribution in [0.5, 0.6) is 5.75 Å². The summed E-state index contributed by atoms with van der Waals surface area (Å²) in [5.41, 5.74) is 2.95. The van der Waals surface area contributed by atoms with Gasteiger partial charge in [0.25, 0.3) is 0 Å². The topological polar surface area (TPSA) is 66.7 Å². The number of pyridine rings is 1. The van der Waals surface area contributed by atoms with Crippen LogP contribution in [-0.2, 0) is 7.05 Å². The highest BCUT2D eigenvalue weighted by atomic mass is 19.3. The molecule has 0 saturated carbocycles. The van der Waals surface area contributed by atoms with Crippen LogP contribution >= 0.6 is 0 Å². The molecule has 2 amide bonds. The lowest BCUT2D eigenvalue weighted by Gasteiger charge is -2.44. The van der Waals surface area contributed by atoms with E-state index in [2.05, 4.69) is 9.97 Å². The Labute approximate surface area is 184 Å². The molecule has 4 heterocycles. The van der Waals surface area contributed by atoms with Crippen LogP contribution in [0.2, 0.25) is 0 Å². The number of urea groups is 1. The zero-order chi connectivity index (χ0) is 22.4. The number of amides is 2. The summed E-state index contributed by atoms with van der Waals surface area (Å²) < 4.78 is 33.2. The zero-order valence-electron chi connectivity index (χ0n) is 17.9. The molecule has 0 N–H and O–H groups in total. The van der Waals surface area contributed by atoms with Gasteiger partial charge >= 0.3 is 12.6 Å². The smallest absolute Gasteiger partial charge is 0.387 e. The highest BCUT2D eigenvalue weighted by molar-refractivity contribution is 5.80. The van der Waals surface area contributed by atoms with Crippen molar-refractivity contribution in [1.82, 2.24) is 24.3 Å². The fraction of sp³-hybridized carbons (Fsp3) is 0.409. The highest BCUT2D eigenvalue weighted by Gasteiger charge is 2.36. The number of alkyl halides is 2. The predicted molar refractivity (Wildman–Crippen MR) is 116 cm³/mol. The van der Waals surface area contributed by atoms with E-state index in [-0.39, 0.29) is 17.7 Å². The molecule has 1 aromatic carbocycles. The number of anilines is 2. The van der Waals surface area contributed by atoms with Gasteiger partial charge in [0, 0.05) is 52.4 Å². The first-order chi connectivity index (χ1) is 15.4. The van der Waals surface area contributed by atoms with Gasteiger partial charge in [0.15, 0.2) is 0 Å². The van der Waals surface area contributed by atoms with Crippen molar-refractivity contribution in [1.29, 1.82) is 0 Å². The van der Waals surface area contributed by atoms with Crippen molar-refractivity contribution in [3.8, 4) is 5.75 Å². The van der Waals surface area contributed by atoms with Crippen LogP contribution in [0.1, 0.15) is 17.9 Å². The van der Waals surface area contributed by atoms with E-state index < -0.39 is 6.61 Å². The van der Waals surface area contributed by atoms with Gasteiger partial charge in [-0.15, -0.1) is 0 Å². The molecular formula is C22H24F2N6O2. The van der Waals surface area contributed by atoms with Crippen LogP contribution in [0.3, 0.4) is 0 Å². The molecule has 2 aliphatic rings. The summed E-state index contributed by atoms with van der Waals surface area (Å²) in [6.45, 7) is -0.169. The molecule has 8 nitrogen and oxygen atoms in total. The van der Waals surface area contributed by atoms with Crippen molar-refractivity contribution in [2.24, 2.45) is 7.05 Å². The summed E-state index contributed by atoms with van der Waals surface area (Å²) in [5.74, 6) is 0.758. The van der Waals surface area contributed by atoms with Gasteiger partial charge in [-0.2, -0.15) is 8.78 Å². The number of likely N-dealkylation sites (tertiary alicyclic amines) is 2. The third kappa shape index (κ3) is 3.49. The number of hydrogen-bond acceptors (Lipinski definition) is 5. The number of fused-ring (bicyclic) bond motifs is 1. The van der Waals surface area contributed by atoms with E-state index in [9.17, 15) is 13.6 Å². The largest absolute Gasteiger partial charge is 0.433 e. The number of carbonyl (C=O) groups excluding carboxylic acids is 1. The molecule has 2 aliphatic heterocycles. The number of rotatable bonds is 5. The maximum atomic E-state index is 13.2. The van der Waals surface area contributed by atoms with Gasteiger partial charge in [0.05, 0.1) is 17.4 Å². The summed E-state index contributed by atoms with van der Waals surface area (Å²) in [6.07, 6.45) is 4.40. The van der Waals surface area contributed by atoms with Crippen LogP contribution in [0.15, 0.2) is 36.7 Å². The van der Waals surface area contributed by atoms with E-state index in [4.69, 9.17) is 4.74 Å². The van der Waals surface area contributed by atoms with Gasteiger partial charge in [-0.05, 0) is 30.2 Å². The number of aromatic nitrogens is 3.